The van der Waals surface area contributed by atoms with Gasteiger partial charge in [-0.05, 0) is 31.9 Å². The quantitative estimate of drug-likeness (QED) is 0.630. The highest BCUT2D eigenvalue weighted by Crippen LogP contribution is 2.22. The molecule has 2 N–H and O–H groups in total. The van der Waals surface area contributed by atoms with Gasteiger partial charge >= 0.3 is 5.97 Å². The molecule has 0 bridgehead atoms. The summed E-state index contributed by atoms with van der Waals surface area (Å²) in [6.45, 7) is 1.82. The molecule has 0 amide bonds. The Labute approximate surface area is 147 Å². The molecule has 0 aliphatic carbocycles. The Bertz CT molecular complexity index is 964. The van der Waals surface area contributed by atoms with Crippen LogP contribution in [0.1, 0.15) is 42.0 Å². The zero-order valence-electron chi connectivity index (χ0n) is 13.7. The minimum Gasteiger partial charge on any atom is -0.477 e. The summed E-state index contributed by atoms with van der Waals surface area (Å²) in [6, 6.07) is 5.54. The van der Waals surface area contributed by atoms with E-state index in [-0.39, 0.29) is 17.3 Å². The van der Waals surface area contributed by atoms with Crippen LogP contribution in [-0.2, 0) is 0 Å². The number of non-ortho nitro benzene ring substituents is 1. The van der Waals surface area contributed by atoms with Crippen molar-refractivity contribution in [1.29, 1.82) is 0 Å². The van der Waals surface area contributed by atoms with Gasteiger partial charge in [-0.15, -0.1) is 0 Å². The number of nitrogens with one attached hydrogen (secondary N) is 1. The Balaban J connectivity index is 1.93. The fourth-order valence-electron chi connectivity index (χ4n) is 2.72. The third-order valence-corrected chi connectivity index (χ3v) is 4.12. The van der Waals surface area contributed by atoms with Crippen LogP contribution in [0.15, 0.2) is 40.4 Å². The highest BCUT2D eigenvalue weighted by Gasteiger charge is 2.26. The molecule has 1 aromatic heterocycles. The smallest absolute Gasteiger partial charge is 0.342 e. The highest BCUT2D eigenvalue weighted by molar-refractivity contribution is 5.99. The van der Waals surface area contributed by atoms with E-state index in [9.17, 15) is 19.7 Å². The molecule has 26 heavy (non-hydrogen) atoms. The predicted molar refractivity (Wildman–Crippen MR) is 92.7 cm³/mol. The number of benzene rings is 1. The molecule has 10 heteroatoms. The number of anilines is 1. The molecule has 2 heterocycles. The van der Waals surface area contributed by atoms with Crippen molar-refractivity contribution in [3.05, 3.63) is 62.3 Å². The minimum absolute atomic E-state index is 0.0329. The van der Waals surface area contributed by atoms with Crippen LogP contribution in [0.4, 0.5) is 11.4 Å². The van der Waals surface area contributed by atoms with Gasteiger partial charge in [-0.25, -0.2) is 9.78 Å². The van der Waals surface area contributed by atoms with Crippen LogP contribution in [0.25, 0.3) is 0 Å². The predicted octanol–water partition coefficient (Wildman–Crippen LogP) is 2.02. The second kappa shape index (κ2) is 6.75. The van der Waals surface area contributed by atoms with Gasteiger partial charge in [0, 0.05) is 24.4 Å². The van der Waals surface area contributed by atoms with Crippen LogP contribution in [-0.4, -0.2) is 31.3 Å². The second-order valence-electron chi connectivity index (χ2n) is 5.84. The van der Waals surface area contributed by atoms with Crippen molar-refractivity contribution in [2.24, 2.45) is 5.10 Å². The lowest BCUT2D eigenvalue weighted by Crippen LogP contribution is -2.37. The van der Waals surface area contributed by atoms with Crippen molar-refractivity contribution >= 4 is 23.1 Å². The summed E-state index contributed by atoms with van der Waals surface area (Å²) in [4.78, 5) is 37.8. The Kier molecular flexibility index (Phi) is 4.48. The van der Waals surface area contributed by atoms with Crippen molar-refractivity contribution in [1.82, 2.24) is 9.55 Å². The number of hydrazone groups is 1. The number of nitro benzene ring substituents is 1. The molecule has 3 rings (SSSR count). The van der Waals surface area contributed by atoms with E-state index < -0.39 is 16.5 Å². The molecule has 134 valence electrons. The van der Waals surface area contributed by atoms with Gasteiger partial charge in [0.1, 0.15) is 11.3 Å². The lowest BCUT2D eigenvalue weighted by molar-refractivity contribution is -0.384. The Morgan fingerprint density at radius 2 is 2.12 bits per heavy atom. The van der Waals surface area contributed by atoms with Gasteiger partial charge < -0.3 is 5.11 Å². The minimum atomic E-state index is -1.32. The van der Waals surface area contributed by atoms with Gasteiger partial charge in [0.15, 0.2) is 5.82 Å². The summed E-state index contributed by atoms with van der Waals surface area (Å²) in [5, 5.41) is 24.0. The zero-order valence-corrected chi connectivity index (χ0v) is 13.7. The number of hydrogen-bond acceptors (Lipinski definition) is 7. The highest BCUT2D eigenvalue weighted by atomic mass is 16.6. The van der Waals surface area contributed by atoms with Gasteiger partial charge in [0.2, 0.25) is 0 Å². The molecule has 2 aromatic rings. The molecule has 0 saturated carbocycles. The van der Waals surface area contributed by atoms with E-state index in [4.69, 9.17) is 5.11 Å². The van der Waals surface area contributed by atoms with Gasteiger partial charge in [0.05, 0.1) is 10.6 Å². The Hall–Kier alpha value is -3.56. The average Bonchev–Trinajstić information content (AvgIpc) is 2.61. The molecule has 1 unspecified atom stereocenters. The maximum Gasteiger partial charge on any atom is 0.342 e. The van der Waals surface area contributed by atoms with E-state index >= 15 is 0 Å². The number of carboxylic acids is 1. The SMILES string of the molecule is CC1CC/C(=N\Nc2ccc([N+](=O)[O-])cc2)c2ncc(C(=O)O)c(=O)n21. The fourth-order valence-corrected chi connectivity index (χ4v) is 2.72. The Morgan fingerprint density at radius 1 is 1.42 bits per heavy atom. The van der Waals surface area contributed by atoms with Gasteiger partial charge in [-0.1, -0.05) is 0 Å². The van der Waals surface area contributed by atoms with Crippen molar-refractivity contribution in [3.8, 4) is 0 Å². The summed E-state index contributed by atoms with van der Waals surface area (Å²) in [5.41, 5.74) is 2.81. The molecular weight excluding hydrogens is 342 g/mol. The number of hydrogen-bond donors (Lipinski definition) is 2. The molecule has 0 spiro atoms. The third-order valence-electron chi connectivity index (χ3n) is 4.12. The molecule has 10 nitrogen and oxygen atoms in total. The van der Waals surface area contributed by atoms with Crippen LogP contribution in [0.2, 0.25) is 0 Å². The largest absolute Gasteiger partial charge is 0.477 e. The summed E-state index contributed by atoms with van der Waals surface area (Å²) in [7, 11) is 0. The standard InChI is InChI=1S/C16H15N5O5/c1-9-2-7-13(14-17-8-12(16(23)24)15(22)20(9)14)19-18-10-3-5-11(6-4-10)21(25)26/h3-6,8-9,18H,2,7H2,1H3,(H,23,24)/b19-13+. The molecule has 1 aliphatic heterocycles. The van der Waals surface area contributed by atoms with Crippen molar-refractivity contribution in [2.45, 2.75) is 25.8 Å². The van der Waals surface area contributed by atoms with E-state index in [1.54, 1.807) is 0 Å². The number of rotatable bonds is 4. The number of aromatic nitrogens is 2. The molecule has 0 saturated heterocycles. The van der Waals surface area contributed by atoms with E-state index in [0.29, 0.717) is 30.1 Å². The van der Waals surface area contributed by atoms with Crippen LogP contribution in [0, 0.1) is 10.1 Å². The summed E-state index contributed by atoms with van der Waals surface area (Å²) in [6.07, 6.45) is 2.20. The number of carbonyl (C=O) groups is 1. The number of aromatic carboxylic acids is 1. The lowest BCUT2D eigenvalue weighted by atomic mass is 10.0. The van der Waals surface area contributed by atoms with Crippen LogP contribution >= 0.6 is 0 Å². The van der Waals surface area contributed by atoms with Gasteiger partial charge in [-0.3, -0.25) is 24.9 Å². The fraction of sp³-hybridized carbons (Fsp3) is 0.250. The molecule has 1 atom stereocenters. The second-order valence-corrected chi connectivity index (χ2v) is 5.84. The van der Waals surface area contributed by atoms with E-state index in [2.05, 4.69) is 15.5 Å². The van der Waals surface area contributed by atoms with E-state index in [0.717, 1.165) is 6.20 Å². The normalized spacial score (nSPS) is 17.6. The van der Waals surface area contributed by atoms with Crippen LogP contribution in [0.5, 0.6) is 0 Å². The molecule has 0 fully saturated rings. The Morgan fingerprint density at radius 3 is 2.73 bits per heavy atom. The summed E-state index contributed by atoms with van der Waals surface area (Å²) >= 11 is 0. The average molecular weight is 357 g/mol. The third kappa shape index (κ3) is 3.16. The lowest BCUT2D eigenvalue weighted by Gasteiger charge is -2.25. The molecule has 1 aromatic carbocycles. The molecule has 1 aliphatic rings. The van der Waals surface area contributed by atoms with E-state index in [1.165, 1.54) is 28.8 Å². The molecular formula is C16H15N5O5. The maximum atomic E-state index is 12.4. The van der Waals surface area contributed by atoms with Crippen molar-refractivity contribution < 1.29 is 14.8 Å². The topological polar surface area (TPSA) is 140 Å². The number of carboxylic acid groups (broad SMARTS) is 1. The first-order valence-electron chi connectivity index (χ1n) is 7.80. The first-order chi connectivity index (χ1) is 12.4. The van der Waals surface area contributed by atoms with Gasteiger partial charge in [0.25, 0.3) is 11.2 Å². The van der Waals surface area contributed by atoms with Crippen molar-refractivity contribution in [3.63, 3.8) is 0 Å². The molecule has 0 radical (unpaired) electrons. The number of fused-ring (bicyclic) bond motifs is 1. The van der Waals surface area contributed by atoms with Gasteiger partial charge in [-0.2, -0.15) is 5.10 Å². The maximum absolute atomic E-state index is 12.4. The summed E-state index contributed by atoms with van der Waals surface area (Å²) < 4.78 is 1.34. The summed E-state index contributed by atoms with van der Waals surface area (Å²) in [5.74, 6) is -1.01. The number of nitrogens with zero attached hydrogens (tertiary/aromatic N) is 4. The number of nitro groups is 1. The zero-order chi connectivity index (χ0) is 18.8. The monoisotopic (exact) mass is 357 g/mol. The van der Waals surface area contributed by atoms with Crippen LogP contribution in [0.3, 0.4) is 0 Å². The van der Waals surface area contributed by atoms with Crippen LogP contribution < -0.4 is 11.0 Å². The first-order valence-corrected chi connectivity index (χ1v) is 7.80. The van der Waals surface area contributed by atoms with Crippen molar-refractivity contribution in [2.75, 3.05) is 5.43 Å². The van der Waals surface area contributed by atoms with E-state index in [1.807, 2.05) is 6.92 Å². The first kappa shape index (κ1) is 17.3.